The van der Waals surface area contributed by atoms with Crippen molar-refractivity contribution in [3.63, 3.8) is 0 Å². The van der Waals surface area contributed by atoms with E-state index in [0.717, 1.165) is 29.3 Å². The number of nitrogens with one attached hydrogen (secondary N) is 2. The molecule has 0 atom stereocenters. The molecule has 0 fully saturated rings. The molecule has 128 valence electrons. The van der Waals surface area contributed by atoms with Crippen LogP contribution in [0.2, 0.25) is 0 Å². The molecule has 0 saturated carbocycles. The van der Waals surface area contributed by atoms with Crippen LogP contribution in [0.25, 0.3) is 11.5 Å². The average molecular weight is 348 g/mol. The molecule has 2 amide bonds. The zero-order valence-corrected chi connectivity index (χ0v) is 14.5. The molecule has 0 aliphatic carbocycles. The molecule has 8 heteroatoms. The van der Waals surface area contributed by atoms with Gasteiger partial charge in [0.15, 0.2) is 0 Å². The summed E-state index contributed by atoms with van der Waals surface area (Å²) in [6, 6.07) is 7.70. The lowest BCUT2D eigenvalue weighted by Crippen LogP contribution is -2.37. The highest BCUT2D eigenvalue weighted by Gasteiger charge is 2.13. The van der Waals surface area contributed by atoms with Crippen LogP contribution in [0.3, 0.4) is 0 Å². The van der Waals surface area contributed by atoms with E-state index in [-0.39, 0.29) is 24.1 Å². The van der Waals surface area contributed by atoms with E-state index in [2.05, 4.69) is 20.8 Å². The van der Waals surface area contributed by atoms with Crippen LogP contribution < -0.4 is 10.6 Å². The van der Waals surface area contributed by atoms with Gasteiger partial charge in [-0.2, -0.15) is 0 Å². The first-order valence-electron chi connectivity index (χ1n) is 7.66. The third-order valence-electron chi connectivity index (χ3n) is 3.13. The number of thioether (sulfide) groups is 1. The largest absolute Gasteiger partial charge is 0.411 e. The Balaban J connectivity index is 1.80. The first kappa shape index (κ1) is 18.0. The molecule has 0 bridgehead atoms. The topological polar surface area (TPSA) is 97.1 Å². The predicted octanol–water partition coefficient (Wildman–Crippen LogP) is 1.78. The van der Waals surface area contributed by atoms with E-state index in [4.69, 9.17) is 4.42 Å². The number of amides is 2. The second-order valence-electron chi connectivity index (χ2n) is 5.10. The second kappa shape index (κ2) is 9.07. The normalized spacial score (nSPS) is 10.4. The number of rotatable bonds is 8. The number of aryl methyl sites for hydroxylation is 1. The van der Waals surface area contributed by atoms with Crippen LogP contribution in [-0.4, -0.2) is 40.9 Å². The van der Waals surface area contributed by atoms with Gasteiger partial charge in [0.05, 0.1) is 12.3 Å². The fourth-order valence-electron chi connectivity index (χ4n) is 1.87. The van der Waals surface area contributed by atoms with Gasteiger partial charge >= 0.3 is 0 Å². The summed E-state index contributed by atoms with van der Waals surface area (Å²) in [6.45, 7) is 4.50. The Hall–Kier alpha value is -2.35. The quantitative estimate of drug-likeness (QED) is 0.706. The smallest absolute Gasteiger partial charge is 0.277 e. The first-order chi connectivity index (χ1) is 11.6. The standard InChI is InChI=1S/C16H20N4O3S/c1-3-8-17-13(21)9-18-14(22)10-24-16-20-19-15(23-16)12-7-5-4-6-11(12)2/h4-7H,3,8-10H2,1-2H3,(H,17,21)(H,18,22). The van der Waals surface area contributed by atoms with Gasteiger partial charge in [-0.1, -0.05) is 36.9 Å². The highest BCUT2D eigenvalue weighted by atomic mass is 32.2. The molecule has 0 unspecified atom stereocenters. The molecule has 7 nitrogen and oxygen atoms in total. The minimum atomic E-state index is -0.262. The van der Waals surface area contributed by atoms with Crippen LogP contribution in [0.1, 0.15) is 18.9 Å². The summed E-state index contributed by atoms with van der Waals surface area (Å²) >= 11 is 1.14. The van der Waals surface area contributed by atoms with Gasteiger partial charge in [-0.3, -0.25) is 9.59 Å². The third kappa shape index (κ3) is 5.38. The van der Waals surface area contributed by atoms with Crippen molar-refractivity contribution in [2.75, 3.05) is 18.8 Å². The zero-order valence-electron chi connectivity index (χ0n) is 13.7. The Labute approximate surface area is 144 Å². The Morgan fingerprint density at radius 3 is 2.71 bits per heavy atom. The van der Waals surface area contributed by atoms with Crippen molar-refractivity contribution in [3.05, 3.63) is 29.8 Å². The number of aromatic nitrogens is 2. The van der Waals surface area contributed by atoms with Crippen molar-refractivity contribution in [1.82, 2.24) is 20.8 Å². The number of carbonyl (C=O) groups excluding carboxylic acids is 2. The lowest BCUT2D eigenvalue weighted by molar-refractivity contribution is -0.124. The highest BCUT2D eigenvalue weighted by Crippen LogP contribution is 2.25. The maximum absolute atomic E-state index is 11.7. The van der Waals surface area contributed by atoms with Gasteiger partial charge in [0.25, 0.3) is 5.22 Å². The lowest BCUT2D eigenvalue weighted by Gasteiger charge is -2.04. The van der Waals surface area contributed by atoms with Crippen molar-refractivity contribution >= 4 is 23.6 Å². The predicted molar refractivity (Wildman–Crippen MR) is 91.5 cm³/mol. The second-order valence-corrected chi connectivity index (χ2v) is 6.03. The minimum Gasteiger partial charge on any atom is -0.411 e. The Bertz CT molecular complexity index is 702. The summed E-state index contributed by atoms with van der Waals surface area (Å²) in [5.41, 5.74) is 1.91. The molecule has 24 heavy (non-hydrogen) atoms. The molecule has 0 saturated heterocycles. The molecule has 1 aromatic heterocycles. The minimum absolute atomic E-state index is 0.0301. The number of carbonyl (C=O) groups is 2. The molecule has 1 aromatic carbocycles. The number of hydrogen-bond donors (Lipinski definition) is 2. The summed E-state index contributed by atoms with van der Waals surface area (Å²) in [5, 5.41) is 13.5. The van der Waals surface area contributed by atoms with E-state index in [9.17, 15) is 9.59 Å². The Morgan fingerprint density at radius 1 is 1.17 bits per heavy atom. The van der Waals surface area contributed by atoms with Crippen LogP contribution in [0.4, 0.5) is 0 Å². The summed E-state index contributed by atoms with van der Waals surface area (Å²) in [6.07, 6.45) is 0.857. The molecular formula is C16H20N4O3S. The van der Waals surface area contributed by atoms with E-state index in [1.54, 1.807) is 0 Å². The Morgan fingerprint density at radius 2 is 1.96 bits per heavy atom. The summed E-state index contributed by atoms with van der Waals surface area (Å²) in [4.78, 5) is 23.1. The van der Waals surface area contributed by atoms with E-state index >= 15 is 0 Å². The maximum atomic E-state index is 11.7. The molecule has 0 aliphatic rings. The average Bonchev–Trinajstić information content (AvgIpc) is 3.05. The van der Waals surface area contributed by atoms with E-state index in [1.807, 2.05) is 38.1 Å². The van der Waals surface area contributed by atoms with Crippen molar-refractivity contribution in [3.8, 4) is 11.5 Å². The zero-order chi connectivity index (χ0) is 17.4. The fourth-order valence-corrected chi connectivity index (χ4v) is 2.47. The molecule has 2 rings (SSSR count). The fraction of sp³-hybridized carbons (Fsp3) is 0.375. The lowest BCUT2D eigenvalue weighted by atomic mass is 10.1. The Kier molecular flexibility index (Phi) is 6.80. The van der Waals surface area contributed by atoms with Crippen molar-refractivity contribution in [2.45, 2.75) is 25.5 Å². The van der Waals surface area contributed by atoms with Gasteiger partial charge in [-0.05, 0) is 25.0 Å². The van der Waals surface area contributed by atoms with Crippen LogP contribution in [-0.2, 0) is 9.59 Å². The number of hydrogen-bond acceptors (Lipinski definition) is 6. The van der Waals surface area contributed by atoms with E-state index in [0.29, 0.717) is 17.7 Å². The van der Waals surface area contributed by atoms with Gasteiger partial charge < -0.3 is 15.1 Å². The number of benzene rings is 1. The molecule has 0 radical (unpaired) electrons. The molecule has 0 aliphatic heterocycles. The van der Waals surface area contributed by atoms with Gasteiger partial charge in [-0.15, -0.1) is 10.2 Å². The monoisotopic (exact) mass is 348 g/mol. The SMILES string of the molecule is CCCNC(=O)CNC(=O)CSc1nnc(-c2ccccc2C)o1. The molecule has 2 aromatic rings. The van der Waals surface area contributed by atoms with E-state index in [1.165, 1.54) is 0 Å². The van der Waals surface area contributed by atoms with Crippen molar-refractivity contribution in [2.24, 2.45) is 0 Å². The molecular weight excluding hydrogens is 328 g/mol. The maximum Gasteiger partial charge on any atom is 0.277 e. The van der Waals surface area contributed by atoms with Gasteiger partial charge in [-0.25, -0.2) is 0 Å². The van der Waals surface area contributed by atoms with E-state index < -0.39 is 0 Å². The van der Waals surface area contributed by atoms with Crippen LogP contribution in [0.15, 0.2) is 33.9 Å². The summed E-state index contributed by atoms with van der Waals surface area (Å²) < 4.78 is 5.56. The van der Waals surface area contributed by atoms with Gasteiger partial charge in [0, 0.05) is 12.1 Å². The first-order valence-corrected chi connectivity index (χ1v) is 8.64. The molecule has 1 heterocycles. The molecule has 0 spiro atoms. The van der Waals surface area contributed by atoms with Crippen LogP contribution >= 0.6 is 11.8 Å². The van der Waals surface area contributed by atoms with Crippen molar-refractivity contribution < 1.29 is 14.0 Å². The number of nitrogens with zero attached hydrogens (tertiary/aromatic N) is 2. The summed E-state index contributed by atoms with van der Waals surface area (Å²) in [5.74, 6) is 0.0725. The van der Waals surface area contributed by atoms with Gasteiger partial charge in [0.2, 0.25) is 17.7 Å². The van der Waals surface area contributed by atoms with Gasteiger partial charge in [0.1, 0.15) is 0 Å². The van der Waals surface area contributed by atoms with Crippen molar-refractivity contribution in [1.29, 1.82) is 0 Å². The third-order valence-corrected chi connectivity index (χ3v) is 3.95. The van der Waals surface area contributed by atoms with Crippen LogP contribution in [0.5, 0.6) is 0 Å². The summed E-state index contributed by atoms with van der Waals surface area (Å²) in [7, 11) is 0. The molecule has 2 N–H and O–H groups in total. The van der Waals surface area contributed by atoms with Crippen LogP contribution in [0, 0.1) is 6.92 Å². The highest BCUT2D eigenvalue weighted by molar-refractivity contribution is 7.99.